The maximum Gasteiger partial charge on any atom is 0.0839 e. The van der Waals surface area contributed by atoms with E-state index in [0.29, 0.717) is 12.1 Å². The van der Waals surface area contributed by atoms with Crippen LogP contribution in [0.4, 0.5) is 5.69 Å². The van der Waals surface area contributed by atoms with Gasteiger partial charge in [0.25, 0.3) is 0 Å². The number of thiophene rings is 1. The zero-order valence-electron chi connectivity index (χ0n) is 8.13. The molecule has 0 saturated heterocycles. The Hall–Kier alpha value is -1.39. The van der Waals surface area contributed by atoms with Gasteiger partial charge in [-0.2, -0.15) is 11.3 Å². The molecular weight excluding hydrogens is 208 g/mol. The second-order valence-electron chi connectivity index (χ2n) is 3.35. The summed E-state index contributed by atoms with van der Waals surface area (Å²) in [7, 11) is 0. The molecule has 1 atom stereocenters. The third-order valence-corrected chi connectivity index (χ3v) is 2.98. The van der Waals surface area contributed by atoms with E-state index in [0.717, 1.165) is 11.1 Å². The largest absolute Gasteiger partial charge is 0.398 e. The van der Waals surface area contributed by atoms with E-state index in [1.807, 2.05) is 16.8 Å². The van der Waals surface area contributed by atoms with Crippen molar-refractivity contribution in [2.24, 2.45) is 0 Å². The highest BCUT2D eigenvalue weighted by molar-refractivity contribution is 7.07. The average Bonchev–Trinajstić information content (AvgIpc) is 2.74. The molecule has 1 unspecified atom stereocenters. The Morgan fingerprint density at radius 1 is 1.47 bits per heavy atom. The Morgan fingerprint density at radius 2 is 2.33 bits per heavy atom. The minimum atomic E-state index is -0.497. The second-order valence-corrected chi connectivity index (χ2v) is 4.13. The predicted octanol–water partition coefficient (Wildman–Crippen LogP) is 2.00. The number of nitrogens with two attached hydrogens (primary N) is 1. The van der Waals surface area contributed by atoms with Crippen molar-refractivity contribution in [2.45, 2.75) is 12.5 Å². The van der Waals surface area contributed by atoms with Gasteiger partial charge in [0.05, 0.1) is 6.10 Å². The molecule has 2 heterocycles. The highest BCUT2D eigenvalue weighted by Crippen LogP contribution is 2.22. The van der Waals surface area contributed by atoms with Crippen LogP contribution in [-0.4, -0.2) is 10.1 Å². The van der Waals surface area contributed by atoms with Gasteiger partial charge in [0, 0.05) is 24.5 Å². The third-order valence-electron chi connectivity index (χ3n) is 2.28. The monoisotopic (exact) mass is 220 g/mol. The first-order valence-electron chi connectivity index (χ1n) is 4.66. The molecule has 4 heteroatoms. The van der Waals surface area contributed by atoms with Gasteiger partial charge in [-0.3, -0.25) is 4.98 Å². The molecule has 0 aliphatic heterocycles. The maximum absolute atomic E-state index is 9.91. The van der Waals surface area contributed by atoms with Gasteiger partial charge < -0.3 is 10.8 Å². The van der Waals surface area contributed by atoms with Crippen LogP contribution >= 0.6 is 11.3 Å². The number of aliphatic hydroxyl groups is 1. The first-order chi connectivity index (χ1) is 7.27. The summed E-state index contributed by atoms with van der Waals surface area (Å²) in [5.41, 5.74) is 8.27. The molecule has 0 aliphatic rings. The van der Waals surface area contributed by atoms with E-state index in [9.17, 15) is 5.11 Å². The van der Waals surface area contributed by atoms with Gasteiger partial charge >= 0.3 is 0 Å². The zero-order chi connectivity index (χ0) is 10.7. The lowest BCUT2D eigenvalue weighted by Crippen LogP contribution is -2.03. The molecule has 15 heavy (non-hydrogen) atoms. The number of nitrogen functional groups attached to an aromatic ring is 1. The molecule has 0 amide bonds. The van der Waals surface area contributed by atoms with Crippen molar-refractivity contribution in [1.82, 2.24) is 4.98 Å². The van der Waals surface area contributed by atoms with Crippen LogP contribution in [0.5, 0.6) is 0 Å². The molecule has 0 saturated carbocycles. The fraction of sp³-hybridized carbons (Fsp3) is 0.182. The van der Waals surface area contributed by atoms with Crippen LogP contribution in [-0.2, 0) is 6.42 Å². The normalized spacial score (nSPS) is 12.6. The standard InChI is InChI=1S/C11H12N2OS/c12-10-1-3-13-6-9(10)5-11(14)8-2-4-15-7-8/h1-4,6-7,11,14H,5H2,(H2,12,13). The Balaban J connectivity index is 2.13. The van der Waals surface area contributed by atoms with Crippen molar-refractivity contribution < 1.29 is 5.11 Å². The van der Waals surface area contributed by atoms with Crippen LogP contribution in [0.25, 0.3) is 0 Å². The van der Waals surface area contributed by atoms with Crippen molar-refractivity contribution in [1.29, 1.82) is 0 Å². The first-order valence-corrected chi connectivity index (χ1v) is 5.60. The number of aliphatic hydroxyl groups excluding tert-OH is 1. The van der Waals surface area contributed by atoms with Crippen LogP contribution in [0, 0.1) is 0 Å². The number of pyridine rings is 1. The average molecular weight is 220 g/mol. The van der Waals surface area contributed by atoms with E-state index < -0.39 is 6.10 Å². The first kappa shape index (κ1) is 10.1. The molecule has 0 aliphatic carbocycles. The van der Waals surface area contributed by atoms with Gasteiger partial charge in [0.15, 0.2) is 0 Å². The van der Waals surface area contributed by atoms with E-state index >= 15 is 0 Å². The number of rotatable bonds is 3. The maximum atomic E-state index is 9.91. The van der Waals surface area contributed by atoms with Gasteiger partial charge in [0.2, 0.25) is 0 Å². The van der Waals surface area contributed by atoms with E-state index in [2.05, 4.69) is 4.98 Å². The molecule has 0 bridgehead atoms. The van der Waals surface area contributed by atoms with Gasteiger partial charge in [-0.1, -0.05) is 0 Å². The van der Waals surface area contributed by atoms with E-state index in [1.54, 1.807) is 29.8 Å². The lowest BCUT2D eigenvalue weighted by atomic mass is 10.0. The Kier molecular flexibility index (Phi) is 2.99. The molecule has 2 aromatic rings. The molecule has 0 radical (unpaired) electrons. The lowest BCUT2D eigenvalue weighted by Gasteiger charge is -2.10. The van der Waals surface area contributed by atoms with Crippen LogP contribution < -0.4 is 5.73 Å². The SMILES string of the molecule is Nc1ccncc1CC(O)c1ccsc1. The Morgan fingerprint density at radius 3 is 3.00 bits per heavy atom. The van der Waals surface area contributed by atoms with Crippen molar-refractivity contribution in [2.75, 3.05) is 5.73 Å². The molecule has 78 valence electrons. The summed E-state index contributed by atoms with van der Waals surface area (Å²) in [6.45, 7) is 0. The fourth-order valence-corrected chi connectivity index (χ4v) is 2.11. The lowest BCUT2D eigenvalue weighted by molar-refractivity contribution is 0.179. The van der Waals surface area contributed by atoms with Crippen LogP contribution in [0.2, 0.25) is 0 Å². The molecule has 3 N–H and O–H groups in total. The summed E-state index contributed by atoms with van der Waals surface area (Å²) in [4.78, 5) is 3.99. The number of aromatic nitrogens is 1. The Labute approximate surface area is 92.2 Å². The van der Waals surface area contributed by atoms with Crippen LogP contribution in [0.15, 0.2) is 35.3 Å². The zero-order valence-corrected chi connectivity index (χ0v) is 8.95. The van der Waals surface area contributed by atoms with Gasteiger partial charge in [-0.15, -0.1) is 0 Å². The summed E-state index contributed by atoms with van der Waals surface area (Å²) in [5.74, 6) is 0. The predicted molar refractivity (Wildman–Crippen MR) is 61.6 cm³/mol. The van der Waals surface area contributed by atoms with E-state index in [1.165, 1.54) is 0 Å². The molecule has 3 nitrogen and oxygen atoms in total. The summed E-state index contributed by atoms with van der Waals surface area (Å²) < 4.78 is 0. The number of hydrogen-bond acceptors (Lipinski definition) is 4. The summed E-state index contributed by atoms with van der Waals surface area (Å²) >= 11 is 1.58. The molecule has 0 fully saturated rings. The van der Waals surface area contributed by atoms with E-state index in [-0.39, 0.29) is 0 Å². The van der Waals surface area contributed by atoms with Crippen molar-refractivity contribution in [3.63, 3.8) is 0 Å². The molecule has 2 rings (SSSR count). The highest BCUT2D eigenvalue weighted by atomic mass is 32.1. The topological polar surface area (TPSA) is 59.1 Å². The van der Waals surface area contributed by atoms with Gasteiger partial charge in [-0.25, -0.2) is 0 Å². The molecule has 0 aromatic carbocycles. The number of nitrogens with zero attached hydrogens (tertiary/aromatic N) is 1. The Bertz CT molecular complexity index is 428. The van der Waals surface area contributed by atoms with Gasteiger partial charge in [-0.05, 0) is 34.0 Å². The molecule has 0 spiro atoms. The van der Waals surface area contributed by atoms with Gasteiger partial charge in [0.1, 0.15) is 0 Å². The number of anilines is 1. The quantitative estimate of drug-likeness (QED) is 0.831. The third kappa shape index (κ3) is 2.34. The van der Waals surface area contributed by atoms with E-state index in [4.69, 9.17) is 5.73 Å². The number of hydrogen-bond donors (Lipinski definition) is 2. The summed E-state index contributed by atoms with van der Waals surface area (Å²) in [5, 5.41) is 13.8. The summed E-state index contributed by atoms with van der Waals surface area (Å²) in [6, 6.07) is 3.66. The van der Waals surface area contributed by atoms with Crippen molar-refractivity contribution >= 4 is 17.0 Å². The summed E-state index contributed by atoms with van der Waals surface area (Å²) in [6.07, 6.45) is 3.36. The van der Waals surface area contributed by atoms with Crippen LogP contribution in [0.1, 0.15) is 17.2 Å². The van der Waals surface area contributed by atoms with Crippen LogP contribution in [0.3, 0.4) is 0 Å². The van der Waals surface area contributed by atoms with Crippen molar-refractivity contribution in [3.8, 4) is 0 Å². The fourth-order valence-electron chi connectivity index (χ4n) is 1.40. The van der Waals surface area contributed by atoms with Crippen molar-refractivity contribution in [3.05, 3.63) is 46.4 Å². The minimum absolute atomic E-state index is 0.497. The molecule has 2 aromatic heterocycles. The minimum Gasteiger partial charge on any atom is -0.398 e. The smallest absolute Gasteiger partial charge is 0.0839 e. The molecular formula is C11H12N2OS. The highest BCUT2D eigenvalue weighted by Gasteiger charge is 2.10. The second kappa shape index (κ2) is 4.42.